The number of rotatable bonds is 4. The average Bonchev–Trinajstić information content (AvgIpc) is 3.04. The van der Waals surface area contributed by atoms with E-state index in [9.17, 15) is 22.8 Å². The van der Waals surface area contributed by atoms with Gasteiger partial charge in [0.25, 0.3) is 0 Å². The number of halogens is 3. The molecule has 2 N–H and O–H groups in total. The van der Waals surface area contributed by atoms with Crippen molar-refractivity contribution in [3.63, 3.8) is 0 Å². The predicted molar refractivity (Wildman–Crippen MR) is 80.9 cm³/mol. The predicted octanol–water partition coefficient (Wildman–Crippen LogP) is 2.11. The Morgan fingerprint density at radius 3 is 2.44 bits per heavy atom. The molecule has 10 heteroatoms. The first-order valence-corrected chi connectivity index (χ1v) is 7.67. The fourth-order valence-electron chi connectivity index (χ4n) is 2.66. The Bertz CT molecular complexity index is 651. The minimum atomic E-state index is -4.62. The maximum atomic E-state index is 12.9. The maximum absolute atomic E-state index is 12.9. The van der Waals surface area contributed by atoms with Gasteiger partial charge in [0.1, 0.15) is 0 Å². The van der Waals surface area contributed by atoms with E-state index >= 15 is 0 Å². The number of aliphatic carboxylic acids is 1. The molecule has 140 valence electrons. The van der Waals surface area contributed by atoms with E-state index in [4.69, 9.17) is 9.63 Å². The number of aromatic nitrogens is 1. The van der Waals surface area contributed by atoms with Crippen LogP contribution in [-0.2, 0) is 15.0 Å². The first-order valence-electron chi connectivity index (χ1n) is 7.67. The van der Waals surface area contributed by atoms with E-state index < -0.39 is 36.4 Å². The Labute approximate surface area is 142 Å². The van der Waals surface area contributed by atoms with Crippen molar-refractivity contribution < 1.29 is 32.4 Å². The van der Waals surface area contributed by atoms with Crippen molar-refractivity contribution in [2.75, 3.05) is 25.0 Å². The molecule has 0 bridgehead atoms. The molecule has 0 unspecified atom stereocenters. The molecule has 1 aromatic rings. The first kappa shape index (κ1) is 19.2. The Kier molecular flexibility index (Phi) is 5.12. The summed E-state index contributed by atoms with van der Waals surface area (Å²) in [4.78, 5) is 24.2. The smallest absolute Gasteiger partial charge is 0.393 e. The molecule has 1 amide bonds. The summed E-state index contributed by atoms with van der Waals surface area (Å²) in [7, 11) is 0. The molecule has 1 fully saturated rings. The zero-order valence-corrected chi connectivity index (χ0v) is 14.1. The minimum Gasteiger partial charge on any atom is -0.481 e. The third-order valence-electron chi connectivity index (χ3n) is 4.04. The molecule has 0 radical (unpaired) electrons. The molecule has 0 aliphatic carbocycles. The summed E-state index contributed by atoms with van der Waals surface area (Å²) in [6, 6.07) is 1.54. The molecule has 1 aliphatic rings. The van der Waals surface area contributed by atoms with Crippen molar-refractivity contribution in [1.82, 2.24) is 10.1 Å². The topological polar surface area (TPSA) is 95.7 Å². The van der Waals surface area contributed by atoms with Gasteiger partial charge in [-0.15, -0.1) is 0 Å². The highest BCUT2D eigenvalue weighted by Crippen LogP contribution is 2.37. The quantitative estimate of drug-likeness (QED) is 0.851. The van der Waals surface area contributed by atoms with Gasteiger partial charge in [-0.05, 0) is 0 Å². The lowest BCUT2D eigenvalue weighted by atomic mass is 9.92. The molecule has 25 heavy (non-hydrogen) atoms. The number of anilines is 1. The van der Waals surface area contributed by atoms with Crippen LogP contribution in [-0.4, -0.2) is 52.9 Å². The molecule has 2 rings (SSSR count). The second-order valence-electron chi connectivity index (χ2n) is 7.16. The highest BCUT2D eigenvalue weighted by atomic mass is 19.4. The Morgan fingerprint density at radius 1 is 1.36 bits per heavy atom. The normalized spacial score (nSPS) is 22.2. The third-order valence-corrected chi connectivity index (χ3v) is 4.04. The zero-order chi connectivity index (χ0) is 19.0. The monoisotopic (exact) mass is 363 g/mol. The number of alkyl halides is 3. The molecule has 0 aromatic carbocycles. The van der Waals surface area contributed by atoms with Crippen LogP contribution in [0.1, 0.15) is 26.5 Å². The molecule has 1 saturated heterocycles. The summed E-state index contributed by atoms with van der Waals surface area (Å²) in [5.74, 6) is -5.59. The minimum absolute atomic E-state index is 0.0938. The van der Waals surface area contributed by atoms with Gasteiger partial charge in [-0.25, -0.2) is 0 Å². The largest absolute Gasteiger partial charge is 0.481 e. The van der Waals surface area contributed by atoms with Gasteiger partial charge in [0.2, 0.25) is 11.8 Å². The summed E-state index contributed by atoms with van der Waals surface area (Å²) in [5, 5.41) is 15.2. The summed E-state index contributed by atoms with van der Waals surface area (Å²) >= 11 is 0. The molecule has 1 aromatic heterocycles. The highest BCUT2D eigenvalue weighted by molar-refractivity contribution is 5.91. The van der Waals surface area contributed by atoms with Gasteiger partial charge in [0.15, 0.2) is 0 Å². The van der Waals surface area contributed by atoms with Crippen LogP contribution >= 0.6 is 0 Å². The summed E-state index contributed by atoms with van der Waals surface area (Å²) in [6.07, 6.45) is -4.62. The SMILES string of the molecule is CC(C)(C)c1cc(NC(=O)CN2C[C@@H](C(F)(F)F)[C@H](C(=O)O)C2)on1. The number of amides is 1. The fraction of sp³-hybridized carbons (Fsp3) is 0.667. The Hall–Kier alpha value is -2.10. The number of carboxylic acids is 1. The van der Waals surface area contributed by atoms with Gasteiger partial charge in [-0.1, -0.05) is 25.9 Å². The van der Waals surface area contributed by atoms with E-state index in [-0.39, 0.29) is 24.4 Å². The number of carbonyl (C=O) groups is 2. The van der Waals surface area contributed by atoms with Crippen LogP contribution in [0, 0.1) is 11.8 Å². The van der Waals surface area contributed by atoms with Gasteiger partial charge in [0.05, 0.1) is 24.1 Å². The van der Waals surface area contributed by atoms with E-state index in [0.717, 1.165) is 0 Å². The zero-order valence-electron chi connectivity index (χ0n) is 14.1. The molecular weight excluding hydrogens is 343 g/mol. The molecule has 0 spiro atoms. The van der Waals surface area contributed by atoms with E-state index in [1.165, 1.54) is 4.90 Å². The molecular formula is C15H20F3N3O4. The van der Waals surface area contributed by atoms with Crippen molar-refractivity contribution in [3.8, 4) is 0 Å². The van der Waals surface area contributed by atoms with Crippen molar-refractivity contribution in [1.29, 1.82) is 0 Å². The average molecular weight is 363 g/mol. The Balaban J connectivity index is 1.97. The van der Waals surface area contributed by atoms with Crippen molar-refractivity contribution in [3.05, 3.63) is 11.8 Å². The number of nitrogens with one attached hydrogen (secondary N) is 1. The van der Waals surface area contributed by atoms with Crippen LogP contribution in [0.3, 0.4) is 0 Å². The third kappa shape index (κ3) is 4.71. The van der Waals surface area contributed by atoms with Crippen LogP contribution in [0.5, 0.6) is 0 Å². The number of likely N-dealkylation sites (tertiary alicyclic amines) is 1. The van der Waals surface area contributed by atoms with Gasteiger partial charge in [-0.3, -0.25) is 19.8 Å². The molecule has 2 atom stereocenters. The van der Waals surface area contributed by atoms with Crippen LogP contribution in [0.4, 0.5) is 19.1 Å². The van der Waals surface area contributed by atoms with Crippen molar-refractivity contribution >= 4 is 17.8 Å². The fourth-order valence-corrected chi connectivity index (χ4v) is 2.66. The number of nitrogens with zero attached hydrogens (tertiary/aromatic N) is 2. The van der Waals surface area contributed by atoms with Crippen molar-refractivity contribution in [2.24, 2.45) is 11.8 Å². The lowest BCUT2D eigenvalue weighted by molar-refractivity contribution is -0.188. The van der Waals surface area contributed by atoms with Gasteiger partial charge in [-0.2, -0.15) is 13.2 Å². The highest BCUT2D eigenvalue weighted by Gasteiger charge is 2.52. The van der Waals surface area contributed by atoms with Gasteiger partial charge >= 0.3 is 12.1 Å². The van der Waals surface area contributed by atoms with Gasteiger partial charge in [0, 0.05) is 24.6 Å². The summed E-state index contributed by atoms with van der Waals surface area (Å²) in [6.45, 7) is 4.49. The number of hydrogen-bond donors (Lipinski definition) is 2. The lowest BCUT2D eigenvalue weighted by Gasteiger charge is -2.18. The number of hydrogen-bond acceptors (Lipinski definition) is 5. The number of carboxylic acid groups (broad SMARTS) is 1. The van der Waals surface area contributed by atoms with Crippen LogP contribution < -0.4 is 5.32 Å². The van der Waals surface area contributed by atoms with E-state index in [1.807, 2.05) is 20.8 Å². The van der Waals surface area contributed by atoms with Crippen LogP contribution in [0.15, 0.2) is 10.6 Å². The van der Waals surface area contributed by atoms with Crippen LogP contribution in [0.2, 0.25) is 0 Å². The molecule has 7 nitrogen and oxygen atoms in total. The molecule has 0 saturated carbocycles. The number of carbonyl (C=O) groups excluding carboxylic acids is 1. The summed E-state index contributed by atoms with van der Waals surface area (Å²) < 4.78 is 43.8. The van der Waals surface area contributed by atoms with Gasteiger partial charge < -0.3 is 9.63 Å². The van der Waals surface area contributed by atoms with E-state index in [2.05, 4.69) is 10.5 Å². The van der Waals surface area contributed by atoms with E-state index in [0.29, 0.717) is 5.69 Å². The molecule has 1 aliphatic heterocycles. The standard InChI is InChI=1S/C15H20F3N3O4/c1-14(2,3)10-4-12(25-20-10)19-11(22)7-21-5-8(13(23)24)9(6-21)15(16,17)18/h4,8-9H,5-7H2,1-3H3,(H,19,22)(H,23,24)/t8-,9-/m1/s1. The second-order valence-corrected chi connectivity index (χ2v) is 7.16. The first-order chi connectivity index (χ1) is 11.4. The van der Waals surface area contributed by atoms with Crippen LogP contribution in [0.25, 0.3) is 0 Å². The van der Waals surface area contributed by atoms with E-state index in [1.54, 1.807) is 6.07 Å². The maximum Gasteiger partial charge on any atom is 0.393 e. The Morgan fingerprint density at radius 2 is 2.00 bits per heavy atom. The second kappa shape index (κ2) is 6.66. The summed E-state index contributed by atoms with van der Waals surface area (Å²) in [5.41, 5.74) is 0.336. The lowest BCUT2D eigenvalue weighted by Crippen LogP contribution is -2.34. The van der Waals surface area contributed by atoms with Crippen molar-refractivity contribution in [2.45, 2.75) is 32.4 Å². The molecule has 2 heterocycles.